The van der Waals surface area contributed by atoms with Gasteiger partial charge in [0.25, 0.3) is 17.2 Å². The summed E-state index contributed by atoms with van der Waals surface area (Å²) in [5.41, 5.74) is 2.95. The van der Waals surface area contributed by atoms with Crippen LogP contribution < -0.4 is 9.62 Å². The number of aryl methyl sites for hydroxylation is 2. The van der Waals surface area contributed by atoms with Gasteiger partial charge < -0.3 is 5.32 Å². The third-order valence-corrected chi connectivity index (χ3v) is 5.09. The van der Waals surface area contributed by atoms with Crippen molar-refractivity contribution in [2.45, 2.75) is 13.5 Å². The highest BCUT2D eigenvalue weighted by Crippen LogP contribution is 2.31. The lowest BCUT2D eigenvalue weighted by molar-refractivity contribution is 0.0951. The van der Waals surface area contributed by atoms with Crippen LogP contribution in [0, 0.1) is 6.92 Å². The van der Waals surface area contributed by atoms with Crippen LogP contribution in [0.2, 0.25) is 5.02 Å². The molecule has 0 saturated carbocycles. The van der Waals surface area contributed by atoms with E-state index in [9.17, 15) is 13.6 Å². The van der Waals surface area contributed by atoms with Crippen LogP contribution in [0.5, 0.6) is 0 Å². The lowest BCUT2D eigenvalue weighted by atomic mass is 10.1. The molecule has 3 aromatic rings. The van der Waals surface area contributed by atoms with Crippen molar-refractivity contribution < 1.29 is 13.6 Å². The number of aromatic nitrogens is 2. The van der Waals surface area contributed by atoms with Crippen LogP contribution in [0.15, 0.2) is 54.9 Å². The van der Waals surface area contributed by atoms with Gasteiger partial charge in [-0.2, -0.15) is 5.10 Å². The Kier molecular flexibility index (Phi) is 6.13. The minimum atomic E-state index is -2.33. The van der Waals surface area contributed by atoms with Crippen LogP contribution in [0.3, 0.4) is 0 Å². The summed E-state index contributed by atoms with van der Waals surface area (Å²) in [5, 5.41) is 7.41. The monoisotopic (exact) mass is 418 g/mol. The molecule has 0 aliphatic heterocycles. The van der Waals surface area contributed by atoms with Crippen LogP contribution in [-0.4, -0.2) is 24.4 Å². The fraction of sp³-hybridized carbons (Fsp3) is 0.158. The highest BCUT2D eigenvalue weighted by Gasteiger charge is 2.19. The number of carbonyl (C=O) groups excluding carboxylic acids is 1. The fourth-order valence-electron chi connectivity index (χ4n) is 2.71. The number of amides is 1. The molecule has 2 N–H and O–H groups in total. The Bertz CT molecular complexity index is 1020. The number of nitrogens with one attached hydrogen (secondary N) is 1. The zero-order valence-corrected chi connectivity index (χ0v) is 16.9. The Morgan fingerprint density at radius 3 is 2.61 bits per heavy atom. The second-order valence-electron chi connectivity index (χ2n) is 6.21. The van der Waals surface area contributed by atoms with Crippen molar-refractivity contribution in [2.24, 2.45) is 7.05 Å². The number of anilines is 2. The van der Waals surface area contributed by atoms with Gasteiger partial charge in [0.2, 0.25) is 0 Å². The molecular weight excluding hydrogens is 400 g/mol. The number of nitrogens with zero attached hydrogens (tertiary/aromatic N) is 3. The number of carbonyl (C=O) groups is 1. The van der Waals surface area contributed by atoms with Crippen molar-refractivity contribution >= 4 is 40.1 Å². The summed E-state index contributed by atoms with van der Waals surface area (Å²) in [6, 6.07) is 11.6. The molecule has 1 aromatic heterocycles. The van der Waals surface area contributed by atoms with Gasteiger partial charge in [-0.1, -0.05) is 17.7 Å². The number of rotatable bonds is 6. The van der Waals surface area contributed by atoms with E-state index in [-0.39, 0.29) is 5.91 Å². The first-order chi connectivity index (χ1) is 13.3. The molecule has 0 aliphatic carbocycles. The maximum Gasteiger partial charge on any atom is 0.266 e. The highest BCUT2D eigenvalue weighted by atomic mass is 35.5. The third-order valence-electron chi connectivity index (χ3n) is 4.12. The summed E-state index contributed by atoms with van der Waals surface area (Å²) in [6.45, 7) is 2.14. The highest BCUT2D eigenvalue weighted by molar-refractivity contribution is 7.81. The van der Waals surface area contributed by atoms with E-state index in [1.54, 1.807) is 60.4 Å². The minimum absolute atomic E-state index is 0.287. The summed E-state index contributed by atoms with van der Waals surface area (Å²) in [6.07, 6.45) is 3.50. The summed E-state index contributed by atoms with van der Waals surface area (Å²) in [4.78, 5) is 12.5. The summed E-state index contributed by atoms with van der Waals surface area (Å²) in [7, 11) is 1.80. The van der Waals surface area contributed by atoms with Crippen LogP contribution in [0.4, 0.5) is 11.4 Å². The van der Waals surface area contributed by atoms with Gasteiger partial charge >= 0.3 is 0 Å². The maximum atomic E-state index is 12.5. The Labute approximate surface area is 170 Å². The van der Waals surface area contributed by atoms with E-state index in [4.69, 9.17) is 11.6 Å². The zero-order chi connectivity index (χ0) is 20.3. The van der Waals surface area contributed by atoms with Crippen LogP contribution >= 0.6 is 11.6 Å². The predicted molar refractivity (Wildman–Crippen MR) is 110 cm³/mol. The molecule has 0 aliphatic rings. The van der Waals surface area contributed by atoms with Crippen molar-refractivity contribution in [3.8, 4) is 0 Å². The Morgan fingerprint density at radius 1 is 1.29 bits per heavy atom. The van der Waals surface area contributed by atoms with Gasteiger partial charge in [0, 0.05) is 35.9 Å². The predicted octanol–water partition coefficient (Wildman–Crippen LogP) is 3.59. The average molecular weight is 419 g/mol. The third kappa shape index (κ3) is 4.59. The first kappa shape index (κ1) is 20.1. The lowest BCUT2D eigenvalue weighted by Gasteiger charge is -2.22. The van der Waals surface area contributed by atoms with Crippen molar-refractivity contribution in [1.82, 2.24) is 15.1 Å². The van der Waals surface area contributed by atoms with Gasteiger partial charge in [0.15, 0.2) is 0 Å². The van der Waals surface area contributed by atoms with Gasteiger partial charge in [0.05, 0.1) is 17.6 Å². The van der Waals surface area contributed by atoms with Crippen LogP contribution in [0.1, 0.15) is 21.5 Å². The molecule has 0 radical (unpaired) electrons. The quantitative estimate of drug-likeness (QED) is 0.599. The second-order valence-corrected chi connectivity index (χ2v) is 7.47. The zero-order valence-electron chi connectivity index (χ0n) is 15.3. The molecule has 0 spiro atoms. The van der Waals surface area contributed by atoms with Crippen molar-refractivity contribution in [3.63, 3.8) is 0 Å². The normalized spacial score (nSPS) is 11.9. The fourth-order valence-corrected chi connectivity index (χ4v) is 3.50. The van der Waals surface area contributed by atoms with Crippen molar-refractivity contribution in [3.05, 3.63) is 76.6 Å². The van der Waals surface area contributed by atoms with E-state index in [1.165, 1.54) is 4.31 Å². The molecule has 0 fully saturated rings. The number of halogens is 1. The summed E-state index contributed by atoms with van der Waals surface area (Å²) >= 11 is 3.58. The Morgan fingerprint density at radius 2 is 2.00 bits per heavy atom. The smallest absolute Gasteiger partial charge is 0.266 e. The molecule has 1 atom stereocenters. The second kappa shape index (κ2) is 8.55. The SMILES string of the molecule is Cc1ccc(C(=O)NCc2cnn(C)c2)cc1N(c1ccc(Cl)cc1)S(=O)O. The molecule has 7 nitrogen and oxygen atoms in total. The average Bonchev–Trinajstić information content (AvgIpc) is 3.08. The first-order valence-corrected chi connectivity index (χ1v) is 9.82. The van der Waals surface area contributed by atoms with E-state index in [1.807, 2.05) is 13.1 Å². The van der Waals surface area contributed by atoms with E-state index in [0.717, 1.165) is 11.1 Å². The van der Waals surface area contributed by atoms with Gasteiger partial charge in [-0.05, 0) is 48.9 Å². The molecule has 0 saturated heterocycles. The summed E-state index contributed by atoms with van der Waals surface area (Å²) < 4.78 is 24.8. The van der Waals surface area contributed by atoms with Crippen LogP contribution in [-0.2, 0) is 24.9 Å². The molecule has 3 rings (SSSR count). The molecule has 1 heterocycles. The van der Waals surface area contributed by atoms with E-state index >= 15 is 0 Å². The molecular formula is C19H19ClN4O3S. The minimum Gasteiger partial charge on any atom is -0.348 e. The van der Waals surface area contributed by atoms with E-state index in [2.05, 4.69) is 10.4 Å². The first-order valence-electron chi connectivity index (χ1n) is 8.38. The van der Waals surface area contributed by atoms with Crippen LogP contribution in [0.25, 0.3) is 0 Å². The van der Waals surface area contributed by atoms with E-state index < -0.39 is 11.3 Å². The molecule has 9 heteroatoms. The molecule has 0 bridgehead atoms. The van der Waals surface area contributed by atoms with Gasteiger partial charge in [-0.25, -0.2) is 8.51 Å². The maximum absolute atomic E-state index is 12.5. The standard InChI is InChI=1S/C19H19ClN4O3S/c1-13-3-4-15(19(25)21-10-14-11-22-23(2)12-14)9-18(13)24(28(26)27)17-7-5-16(20)6-8-17/h3-9,11-12H,10H2,1-2H3,(H,21,25)(H,26,27). The van der Waals surface area contributed by atoms with Crippen molar-refractivity contribution in [2.75, 3.05) is 4.31 Å². The molecule has 1 amide bonds. The molecule has 1 unspecified atom stereocenters. The molecule has 2 aromatic carbocycles. The summed E-state index contributed by atoms with van der Waals surface area (Å²) in [5.74, 6) is -0.287. The van der Waals surface area contributed by atoms with Gasteiger partial charge in [-0.3, -0.25) is 14.0 Å². The van der Waals surface area contributed by atoms with Gasteiger partial charge in [-0.15, -0.1) is 0 Å². The number of benzene rings is 2. The van der Waals surface area contributed by atoms with Crippen molar-refractivity contribution in [1.29, 1.82) is 0 Å². The Hall–Kier alpha value is -2.68. The van der Waals surface area contributed by atoms with Gasteiger partial charge in [0.1, 0.15) is 0 Å². The lowest BCUT2D eigenvalue weighted by Crippen LogP contribution is -2.24. The molecule has 28 heavy (non-hydrogen) atoms. The van der Waals surface area contributed by atoms with E-state index in [0.29, 0.717) is 28.5 Å². The largest absolute Gasteiger partial charge is 0.348 e. The Balaban J connectivity index is 1.87. The number of hydrogen-bond acceptors (Lipinski definition) is 3. The number of hydrogen-bond donors (Lipinski definition) is 2. The molecule has 146 valence electrons. The topological polar surface area (TPSA) is 87.5 Å².